The van der Waals surface area contributed by atoms with Gasteiger partial charge < -0.3 is 4.90 Å². The predicted molar refractivity (Wildman–Crippen MR) is 118 cm³/mol. The van der Waals surface area contributed by atoms with Gasteiger partial charge in [0.15, 0.2) is 0 Å². The van der Waals surface area contributed by atoms with Gasteiger partial charge in [-0.25, -0.2) is 0 Å². The molecule has 2 nitrogen and oxygen atoms in total. The normalized spacial score (nSPS) is 15.4. The average molecular weight is 369 g/mol. The largest absolute Gasteiger partial charge is 0.363 e. The number of rotatable bonds is 6. The number of piperidine rings is 1. The van der Waals surface area contributed by atoms with E-state index in [9.17, 15) is 0 Å². The van der Waals surface area contributed by atoms with Crippen LogP contribution in [0.5, 0.6) is 0 Å². The van der Waals surface area contributed by atoms with Crippen molar-refractivity contribution in [2.24, 2.45) is 10.9 Å². The highest BCUT2D eigenvalue weighted by molar-refractivity contribution is 5.55. The fraction of sp³-hybridized carbons (Fsp3) is 0.269. The second kappa shape index (κ2) is 9.36. The summed E-state index contributed by atoms with van der Waals surface area (Å²) in [6.07, 6.45) is 4.46. The van der Waals surface area contributed by atoms with Gasteiger partial charge in [-0.1, -0.05) is 91.0 Å². The zero-order valence-electron chi connectivity index (χ0n) is 16.3. The maximum atomic E-state index is 4.65. The van der Waals surface area contributed by atoms with Gasteiger partial charge in [-0.05, 0) is 35.4 Å². The summed E-state index contributed by atoms with van der Waals surface area (Å²) < 4.78 is 0. The van der Waals surface area contributed by atoms with E-state index >= 15 is 0 Å². The van der Waals surface area contributed by atoms with Crippen molar-refractivity contribution in [3.63, 3.8) is 0 Å². The first-order valence-corrected chi connectivity index (χ1v) is 10.3. The standard InChI is InChI=1S/C26H28N2/c1-4-10-22(11-5-1)20-27-21-28-18-16-25(17-19-28)26(23-12-6-2-7-13-23)24-14-8-3-9-15-24/h1-15,21,25-26H,16-20H2/b27-21+. The lowest BCUT2D eigenvalue weighted by Gasteiger charge is -2.36. The molecule has 0 bridgehead atoms. The molecule has 1 saturated heterocycles. The molecule has 28 heavy (non-hydrogen) atoms. The lowest BCUT2D eigenvalue weighted by atomic mass is 9.76. The monoisotopic (exact) mass is 368 g/mol. The van der Waals surface area contributed by atoms with Crippen molar-refractivity contribution in [3.05, 3.63) is 108 Å². The molecule has 0 atom stereocenters. The van der Waals surface area contributed by atoms with Crippen LogP contribution in [0.1, 0.15) is 35.4 Å². The van der Waals surface area contributed by atoms with E-state index in [-0.39, 0.29) is 0 Å². The van der Waals surface area contributed by atoms with Gasteiger partial charge in [-0.15, -0.1) is 0 Å². The third-order valence-corrected chi connectivity index (χ3v) is 5.72. The van der Waals surface area contributed by atoms with Crippen LogP contribution >= 0.6 is 0 Å². The van der Waals surface area contributed by atoms with E-state index in [1.807, 2.05) is 6.07 Å². The predicted octanol–water partition coefficient (Wildman–Crippen LogP) is 5.76. The van der Waals surface area contributed by atoms with E-state index in [1.165, 1.54) is 29.5 Å². The molecule has 0 unspecified atom stereocenters. The van der Waals surface area contributed by atoms with Crippen molar-refractivity contribution in [1.82, 2.24) is 4.90 Å². The van der Waals surface area contributed by atoms with Gasteiger partial charge in [0, 0.05) is 19.0 Å². The fourth-order valence-electron chi connectivity index (χ4n) is 4.27. The highest BCUT2D eigenvalue weighted by Gasteiger charge is 2.28. The van der Waals surface area contributed by atoms with Crippen molar-refractivity contribution < 1.29 is 0 Å². The molecule has 1 aliphatic heterocycles. The third-order valence-electron chi connectivity index (χ3n) is 5.72. The highest BCUT2D eigenvalue weighted by atomic mass is 15.1. The van der Waals surface area contributed by atoms with Gasteiger partial charge >= 0.3 is 0 Å². The molecule has 1 aliphatic rings. The van der Waals surface area contributed by atoms with Crippen molar-refractivity contribution in [1.29, 1.82) is 0 Å². The van der Waals surface area contributed by atoms with Gasteiger partial charge in [-0.2, -0.15) is 0 Å². The lowest BCUT2D eigenvalue weighted by Crippen LogP contribution is -2.35. The maximum Gasteiger partial charge on any atom is 0.0853 e. The Morgan fingerprint density at radius 3 is 1.79 bits per heavy atom. The van der Waals surface area contributed by atoms with Crippen LogP contribution in [0.2, 0.25) is 0 Å². The second-order valence-electron chi connectivity index (χ2n) is 7.61. The van der Waals surface area contributed by atoms with Crippen LogP contribution in [-0.4, -0.2) is 24.3 Å². The van der Waals surface area contributed by atoms with Crippen LogP contribution in [0.4, 0.5) is 0 Å². The summed E-state index contributed by atoms with van der Waals surface area (Å²) in [6, 6.07) is 32.5. The summed E-state index contributed by atoms with van der Waals surface area (Å²) >= 11 is 0. The molecule has 0 aromatic heterocycles. The molecule has 1 fully saturated rings. The number of likely N-dealkylation sites (tertiary alicyclic amines) is 1. The van der Waals surface area contributed by atoms with E-state index in [1.54, 1.807) is 0 Å². The molecule has 0 aliphatic carbocycles. The quantitative estimate of drug-likeness (QED) is 0.399. The van der Waals surface area contributed by atoms with Crippen molar-refractivity contribution >= 4 is 6.34 Å². The van der Waals surface area contributed by atoms with E-state index in [0.29, 0.717) is 11.8 Å². The Labute approximate surface area is 168 Å². The van der Waals surface area contributed by atoms with Crippen molar-refractivity contribution in [3.8, 4) is 0 Å². The van der Waals surface area contributed by atoms with Crippen LogP contribution in [0.3, 0.4) is 0 Å². The van der Waals surface area contributed by atoms with Crippen LogP contribution in [-0.2, 0) is 6.54 Å². The first kappa shape index (κ1) is 18.5. The van der Waals surface area contributed by atoms with Crippen LogP contribution < -0.4 is 0 Å². The molecule has 3 aromatic rings. The summed E-state index contributed by atoms with van der Waals surface area (Å²) in [4.78, 5) is 7.03. The SMILES string of the molecule is C(=N\Cc1ccccc1)/N1CCC(C(c2ccccc2)c2ccccc2)CC1. The van der Waals surface area contributed by atoms with Crippen LogP contribution in [0.15, 0.2) is 96.0 Å². The lowest BCUT2D eigenvalue weighted by molar-refractivity contribution is 0.254. The molecule has 0 radical (unpaired) electrons. The molecule has 0 amide bonds. The van der Waals surface area contributed by atoms with E-state index in [0.717, 1.165) is 19.6 Å². The minimum absolute atomic E-state index is 0.478. The van der Waals surface area contributed by atoms with Gasteiger partial charge in [0.25, 0.3) is 0 Å². The van der Waals surface area contributed by atoms with Crippen LogP contribution in [0.25, 0.3) is 0 Å². The molecule has 4 rings (SSSR count). The molecule has 0 N–H and O–H groups in total. The van der Waals surface area contributed by atoms with Crippen molar-refractivity contribution in [2.45, 2.75) is 25.3 Å². The summed E-state index contributed by atoms with van der Waals surface area (Å²) in [6.45, 7) is 2.93. The topological polar surface area (TPSA) is 15.6 Å². The van der Waals surface area contributed by atoms with E-state index in [2.05, 4.69) is 101 Å². The molecule has 1 heterocycles. The molecular formula is C26H28N2. The van der Waals surface area contributed by atoms with Crippen molar-refractivity contribution in [2.75, 3.05) is 13.1 Å². The summed E-state index contributed by atoms with van der Waals surface area (Å²) in [5.41, 5.74) is 4.14. The molecule has 2 heteroatoms. The first-order valence-electron chi connectivity index (χ1n) is 10.3. The Morgan fingerprint density at radius 1 is 0.750 bits per heavy atom. The number of hydrogen-bond acceptors (Lipinski definition) is 1. The van der Waals surface area contributed by atoms with Gasteiger partial charge in [0.1, 0.15) is 0 Å². The minimum Gasteiger partial charge on any atom is -0.363 e. The Balaban J connectivity index is 1.40. The number of nitrogens with zero attached hydrogens (tertiary/aromatic N) is 2. The zero-order chi connectivity index (χ0) is 19.0. The van der Waals surface area contributed by atoms with Gasteiger partial charge in [0.05, 0.1) is 12.9 Å². The number of benzene rings is 3. The Kier molecular flexibility index (Phi) is 6.18. The first-order chi connectivity index (χ1) is 13.9. The summed E-state index contributed by atoms with van der Waals surface area (Å²) in [5, 5.41) is 0. The highest BCUT2D eigenvalue weighted by Crippen LogP contribution is 2.37. The summed E-state index contributed by atoms with van der Waals surface area (Å²) in [7, 11) is 0. The molecule has 142 valence electrons. The Hall–Kier alpha value is -2.87. The summed E-state index contributed by atoms with van der Waals surface area (Å²) in [5.74, 6) is 1.15. The molecular weight excluding hydrogens is 340 g/mol. The molecule has 0 spiro atoms. The smallest absolute Gasteiger partial charge is 0.0853 e. The molecule has 0 saturated carbocycles. The van der Waals surface area contributed by atoms with Crippen LogP contribution in [0, 0.1) is 5.92 Å². The van der Waals surface area contributed by atoms with E-state index < -0.39 is 0 Å². The third kappa shape index (κ3) is 4.69. The number of aliphatic imine (C=N–C) groups is 1. The Bertz CT molecular complexity index is 811. The Morgan fingerprint density at radius 2 is 1.25 bits per heavy atom. The van der Waals surface area contributed by atoms with Gasteiger partial charge in [0.2, 0.25) is 0 Å². The zero-order valence-corrected chi connectivity index (χ0v) is 16.3. The average Bonchev–Trinajstić information content (AvgIpc) is 2.77. The minimum atomic E-state index is 0.478. The second-order valence-corrected chi connectivity index (χ2v) is 7.61. The fourth-order valence-corrected chi connectivity index (χ4v) is 4.27. The van der Waals surface area contributed by atoms with E-state index in [4.69, 9.17) is 0 Å². The number of hydrogen-bond donors (Lipinski definition) is 0. The molecule has 3 aromatic carbocycles. The maximum absolute atomic E-state index is 4.65. The van der Waals surface area contributed by atoms with Gasteiger partial charge in [-0.3, -0.25) is 4.99 Å².